The van der Waals surface area contributed by atoms with Crippen LogP contribution in [0.4, 0.5) is 10.3 Å². The first kappa shape index (κ1) is 50.7. The Balaban J connectivity index is 1.28. The summed E-state index contributed by atoms with van der Waals surface area (Å²) in [7, 11) is -6.65. The number of aliphatic hydroxyl groups is 1. The first-order chi connectivity index (χ1) is 31.7. The molecule has 0 saturated carbocycles. The van der Waals surface area contributed by atoms with Gasteiger partial charge in [0.05, 0.1) is 45.0 Å². The third-order valence-corrected chi connectivity index (χ3v) is 20.9. The maximum absolute atomic E-state index is 16.5. The number of nitrogens with zero attached hydrogens (tertiary/aromatic N) is 8. The monoisotopic (exact) mass is 1010 g/mol. The Labute approximate surface area is 388 Å². The molecule has 24 nitrogen and oxygen atoms in total. The number of fused-ring (bicyclic) bond motifs is 4. The number of amides is 1. The fourth-order valence-corrected chi connectivity index (χ4v) is 17.1. The predicted octanol–water partition coefficient (Wildman–Crippen LogP) is 4.11. The zero-order valence-corrected chi connectivity index (χ0v) is 41.5. The van der Waals surface area contributed by atoms with Gasteiger partial charge >= 0.3 is 15.0 Å². The van der Waals surface area contributed by atoms with Gasteiger partial charge in [0, 0.05) is 18.3 Å². The van der Waals surface area contributed by atoms with Crippen LogP contribution in [0.1, 0.15) is 74.3 Å². The molecule has 29 heteroatoms. The first-order valence-corrected chi connectivity index (χ1v) is 27.5. The normalized spacial score (nSPS) is 25.0. The van der Waals surface area contributed by atoms with E-state index in [0.29, 0.717) is 0 Å². The number of aromatic amines is 2. The summed E-state index contributed by atoms with van der Waals surface area (Å²) in [6.07, 6.45) is -6.44. The van der Waals surface area contributed by atoms with E-state index in [1.54, 1.807) is 29.0 Å². The molecule has 0 bridgehead atoms. The van der Waals surface area contributed by atoms with Gasteiger partial charge in [-0.15, -0.1) is 0 Å². The molecule has 0 aliphatic carbocycles. The van der Waals surface area contributed by atoms with Crippen LogP contribution in [0, 0.1) is 17.2 Å². The van der Waals surface area contributed by atoms with Gasteiger partial charge in [-0.3, -0.25) is 52.3 Å². The van der Waals surface area contributed by atoms with Crippen LogP contribution in [0.5, 0.6) is 0 Å². The van der Waals surface area contributed by atoms with Gasteiger partial charge in [0.15, 0.2) is 41.0 Å². The van der Waals surface area contributed by atoms with E-state index in [0.717, 1.165) is 6.33 Å². The molecule has 0 spiro atoms. The molecule has 10 atom stereocenters. The molecule has 2 fully saturated rings. The summed E-state index contributed by atoms with van der Waals surface area (Å²) >= 11 is 5.90. The van der Waals surface area contributed by atoms with Crippen molar-refractivity contribution in [2.24, 2.45) is 5.92 Å². The van der Waals surface area contributed by atoms with Crippen molar-refractivity contribution in [3.05, 3.63) is 45.8 Å². The van der Waals surface area contributed by atoms with Crippen LogP contribution in [0.25, 0.3) is 28.1 Å². The van der Waals surface area contributed by atoms with Crippen LogP contribution < -0.4 is 16.4 Å². The Morgan fingerprint density at radius 3 is 2.27 bits per heavy atom. The predicted molar refractivity (Wildman–Crippen MR) is 244 cm³/mol. The zero-order valence-electron chi connectivity index (χ0n) is 37.8. The minimum absolute atomic E-state index is 0.00988. The standard InChI is InChI=1S/C38H54FN11O13P2SSi/c1-18(2)31(52)45-37-44-30-25(32(53)46-37)42-16-49(30)35-28(24(39)22(14-51)59-35)62-65(66,57-13-9-10-40)58-15-23-27(61-64(55)56)29(63-67(19(3)4,20(5)6)21(7)8)36(60-23)50-17-43-26-33(54)47-38-41-11-12-48(38)34(26)50/h11-12,16-24,27-29,35-36,51,64H,9,13-15H2,1-8H3,(H,55,56)(H,41,47,54)(H2,44,45,46,52,53)/t22-,23-,24-,27-,28-,29-,35-,36-,65?/m1/s1. The van der Waals surface area contributed by atoms with Crippen molar-refractivity contribution in [3.8, 4) is 6.07 Å². The number of carbonyl (C=O) groups is 1. The highest BCUT2D eigenvalue weighted by Gasteiger charge is 2.56. The molecule has 67 heavy (non-hydrogen) atoms. The highest BCUT2D eigenvalue weighted by atomic mass is 32.5. The Bertz CT molecular complexity index is 2810. The van der Waals surface area contributed by atoms with E-state index in [9.17, 15) is 34.2 Å². The van der Waals surface area contributed by atoms with Gasteiger partial charge in [-0.1, -0.05) is 55.4 Å². The van der Waals surface area contributed by atoms with Crippen molar-refractivity contribution in [2.45, 2.75) is 128 Å². The highest BCUT2D eigenvalue weighted by Crippen LogP contribution is 2.56. The molecule has 5 aromatic heterocycles. The van der Waals surface area contributed by atoms with Gasteiger partial charge in [0.1, 0.15) is 30.5 Å². The van der Waals surface area contributed by atoms with Crippen molar-refractivity contribution in [1.29, 1.82) is 5.26 Å². The minimum Gasteiger partial charge on any atom is -0.406 e. The lowest BCUT2D eigenvalue weighted by Crippen LogP contribution is -2.53. The fraction of sp³-hybridized carbons (Fsp3) is 0.632. The summed E-state index contributed by atoms with van der Waals surface area (Å²) in [6.45, 7) is 9.58. The number of carbonyl (C=O) groups excluding carboxylic acids is 1. The molecule has 366 valence electrons. The molecule has 1 amide bonds. The Hall–Kier alpha value is -4.13. The maximum atomic E-state index is 16.5. The minimum atomic E-state index is -4.27. The van der Waals surface area contributed by atoms with Crippen molar-refractivity contribution in [3.63, 3.8) is 0 Å². The topological polar surface area (TPSA) is 307 Å². The van der Waals surface area contributed by atoms with Crippen LogP contribution in [-0.2, 0) is 53.2 Å². The quantitative estimate of drug-likeness (QED) is 0.0416. The Morgan fingerprint density at radius 2 is 1.63 bits per heavy atom. The van der Waals surface area contributed by atoms with Crippen molar-refractivity contribution in [2.75, 3.05) is 25.1 Å². The number of H-pyrrole nitrogens is 2. The lowest BCUT2D eigenvalue weighted by Gasteiger charge is -2.45. The molecule has 2 aliphatic rings. The number of rotatable bonds is 20. The third kappa shape index (κ3) is 9.87. The van der Waals surface area contributed by atoms with Crippen molar-refractivity contribution in [1.82, 2.24) is 43.4 Å². The summed E-state index contributed by atoms with van der Waals surface area (Å²) in [5.41, 5.74) is -1.28. The van der Waals surface area contributed by atoms with Crippen LogP contribution in [0.2, 0.25) is 16.6 Å². The second-order valence-corrected chi connectivity index (χ2v) is 26.5. The molecule has 7 heterocycles. The number of halogens is 1. The van der Waals surface area contributed by atoms with E-state index < -0.39 is 109 Å². The molecule has 0 aromatic carbocycles. The van der Waals surface area contributed by atoms with E-state index >= 15 is 4.39 Å². The van der Waals surface area contributed by atoms with E-state index in [2.05, 4.69) is 76.8 Å². The first-order valence-electron chi connectivity index (χ1n) is 21.5. The number of aromatic nitrogens is 9. The third-order valence-electron chi connectivity index (χ3n) is 11.9. The van der Waals surface area contributed by atoms with Gasteiger partial charge in [-0.2, -0.15) is 10.2 Å². The fourth-order valence-electron chi connectivity index (χ4n) is 8.99. The van der Waals surface area contributed by atoms with Crippen molar-refractivity contribution < 1.29 is 55.7 Å². The summed E-state index contributed by atoms with van der Waals surface area (Å²) in [5, 5.41) is 22.1. The lowest BCUT2D eigenvalue weighted by atomic mass is 10.1. The number of imidazole rings is 3. The zero-order chi connectivity index (χ0) is 48.7. The Kier molecular flexibility index (Phi) is 15.5. The molecule has 2 aliphatic heterocycles. The molecule has 7 rings (SSSR count). The van der Waals surface area contributed by atoms with E-state index in [4.69, 9.17) is 43.8 Å². The largest absolute Gasteiger partial charge is 0.406 e. The van der Waals surface area contributed by atoms with Crippen molar-refractivity contribution >= 4 is 75.1 Å². The number of ether oxygens (including phenoxy) is 2. The maximum Gasteiger partial charge on any atom is 0.327 e. The number of hydrogen-bond donors (Lipinski definition) is 5. The van der Waals surface area contributed by atoms with Gasteiger partial charge in [0.2, 0.25) is 26.0 Å². The van der Waals surface area contributed by atoms with E-state index in [1.165, 1.54) is 17.1 Å². The highest BCUT2D eigenvalue weighted by molar-refractivity contribution is 8.07. The second-order valence-electron chi connectivity index (χ2n) is 17.3. The summed E-state index contributed by atoms with van der Waals surface area (Å²) in [5.74, 6) is -0.948. The number of hydrogen-bond acceptors (Lipinski definition) is 18. The number of nitriles is 1. The SMILES string of the molecule is CC(C)C(=O)Nc1nc2c(ncn2[C@@H]2O[C@H](CO)[C@@H](F)[C@H]2OP(=S)(OCCC#N)OC[C@H]2O[C@@H](n3cnc4c(=O)[nH]c5nccn5c43)[C@H](O[Si](C(C)C)(C(C)C)C(C)C)[C@@H]2O[PH](=O)O)c(=O)[nH]1. The van der Waals surface area contributed by atoms with Crippen LogP contribution in [0.15, 0.2) is 34.6 Å². The number of nitrogens with one attached hydrogen (secondary N) is 3. The second kappa shape index (κ2) is 20.5. The van der Waals surface area contributed by atoms with Crippen LogP contribution >= 0.6 is 15.0 Å². The molecule has 2 saturated heterocycles. The number of alkyl halides is 1. The average Bonchev–Trinajstić information content (AvgIpc) is 4.10. The molecule has 0 radical (unpaired) electrons. The average molecular weight is 1010 g/mol. The molecule has 2 unspecified atom stereocenters. The summed E-state index contributed by atoms with van der Waals surface area (Å²) in [4.78, 5) is 71.5. The number of aliphatic hydroxyl groups excluding tert-OH is 1. The smallest absolute Gasteiger partial charge is 0.327 e. The lowest BCUT2D eigenvalue weighted by molar-refractivity contribution is -0.118. The Morgan fingerprint density at radius 1 is 0.985 bits per heavy atom. The summed E-state index contributed by atoms with van der Waals surface area (Å²) < 4.78 is 77.9. The van der Waals surface area contributed by atoms with Crippen LogP contribution in [0.3, 0.4) is 0 Å². The van der Waals surface area contributed by atoms with Gasteiger partial charge in [-0.25, -0.2) is 19.3 Å². The van der Waals surface area contributed by atoms with Crippen LogP contribution in [-0.4, -0.2) is 124 Å². The molecular formula is C38H54FN11O13P2SSi. The number of anilines is 1. The van der Waals surface area contributed by atoms with E-state index in [-0.39, 0.29) is 63.7 Å². The van der Waals surface area contributed by atoms with E-state index in [1.807, 2.05) is 6.07 Å². The van der Waals surface area contributed by atoms with Gasteiger partial charge in [0.25, 0.3) is 11.1 Å². The molecule has 5 N–H and O–H groups in total. The summed E-state index contributed by atoms with van der Waals surface area (Å²) in [6, 6.07) is 1.94. The van der Waals surface area contributed by atoms with Gasteiger partial charge < -0.3 is 37.5 Å². The molecular weight excluding hydrogens is 960 g/mol. The van der Waals surface area contributed by atoms with Gasteiger partial charge in [-0.05, 0) is 28.4 Å². The molecule has 5 aromatic rings.